The normalized spacial score (nSPS) is 20.6. The number of benzene rings is 2. The van der Waals surface area contributed by atoms with Crippen LogP contribution in [0.15, 0.2) is 59.6 Å². The molecule has 0 spiro atoms. The van der Waals surface area contributed by atoms with Crippen LogP contribution in [0, 0.1) is 0 Å². The van der Waals surface area contributed by atoms with Gasteiger partial charge in [-0.05, 0) is 36.1 Å². The first-order valence-corrected chi connectivity index (χ1v) is 8.91. The van der Waals surface area contributed by atoms with Crippen molar-refractivity contribution in [1.29, 1.82) is 0 Å². The molecule has 1 fully saturated rings. The molecule has 6 heteroatoms. The highest BCUT2D eigenvalue weighted by atomic mass is 32.2. The van der Waals surface area contributed by atoms with Gasteiger partial charge >= 0.3 is 0 Å². The lowest BCUT2D eigenvalue weighted by Gasteiger charge is -2.03. The Hall–Kier alpha value is -2.31. The molecule has 1 aromatic heterocycles. The maximum absolute atomic E-state index is 11.3. The third kappa shape index (κ3) is 2.71. The van der Waals surface area contributed by atoms with Crippen LogP contribution < -0.4 is 5.14 Å². The molecule has 0 radical (unpaired) electrons. The van der Waals surface area contributed by atoms with Crippen molar-refractivity contribution < 1.29 is 8.42 Å². The number of aromatic nitrogens is 2. The van der Waals surface area contributed by atoms with E-state index in [2.05, 4.69) is 9.97 Å². The molecule has 116 valence electrons. The van der Waals surface area contributed by atoms with Crippen molar-refractivity contribution in [3.05, 3.63) is 66.1 Å². The van der Waals surface area contributed by atoms with Crippen LogP contribution in [0.3, 0.4) is 0 Å². The van der Waals surface area contributed by atoms with Gasteiger partial charge in [0.25, 0.3) is 0 Å². The van der Waals surface area contributed by atoms with E-state index in [0.717, 1.165) is 28.7 Å². The molecule has 3 aromatic rings. The minimum Gasteiger partial charge on any atom is -0.240 e. The molecule has 0 aliphatic heterocycles. The van der Waals surface area contributed by atoms with Gasteiger partial charge in [-0.2, -0.15) is 0 Å². The summed E-state index contributed by atoms with van der Waals surface area (Å²) in [6, 6.07) is 14.7. The minimum atomic E-state index is -3.64. The van der Waals surface area contributed by atoms with Gasteiger partial charge in [-0.25, -0.2) is 23.5 Å². The standard InChI is InChI=1S/C17H15N3O2S/c18-23(21,22)13-7-5-11(6-8-13)14-9-15(14)17-19-10-12-3-1-2-4-16(12)20-17/h1-8,10,14-15H,9H2,(H2,18,21,22)/t14-,15+/m0/s1. The van der Waals surface area contributed by atoms with Gasteiger partial charge in [0.15, 0.2) is 0 Å². The number of rotatable bonds is 3. The summed E-state index contributed by atoms with van der Waals surface area (Å²) in [4.78, 5) is 9.26. The maximum Gasteiger partial charge on any atom is 0.238 e. The first-order chi connectivity index (χ1) is 11.0. The number of sulfonamides is 1. The van der Waals surface area contributed by atoms with Crippen LogP contribution in [-0.2, 0) is 10.0 Å². The highest BCUT2D eigenvalue weighted by Crippen LogP contribution is 2.53. The summed E-state index contributed by atoms with van der Waals surface area (Å²) in [7, 11) is -3.64. The van der Waals surface area contributed by atoms with Crippen LogP contribution in [0.5, 0.6) is 0 Å². The van der Waals surface area contributed by atoms with E-state index in [0.29, 0.717) is 11.8 Å². The fourth-order valence-corrected chi connectivity index (χ4v) is 3.43. The Bertz CT molecular complexity index is 984. The third-order valence-electron chi connectivity index (χ3n) is 4.27. The summed E-state index contributed by atoms with van der Waals surface area (Å²) < 4.78 is 22.6. The molecule has 23 heavy (non-hydrogen) atoms. The second-order valence-electron chi connectivity index (χ2n) is 5.85. The van der Waals surface area contributed by atoms with Gasteiger partial charge in [0.1, 0.15) is 5.82 Å². The molecule has 2 atom stereocenters. The molecular weight excluding hydrogens is 310 g/mol. The van der Waals surface area contributed by atoms with E-state index in [9.17, 15) is 8.42 Å². The Morgan fingerprint density at radius 1 is 1.00 bits per heavy atom. The lowest BCUT2D eigenvalue weighted by Crippen LogP contribution is -2.11. The molecule has 1 aliphatic carbocycles. The summed E-state index contributed by atoms with van der Waals surface area (Å²) >= 11 is 0. The van der Waals surface area contributed by atoms with Gasteiger partial charge in [-0.1, -0.05) is 30.3 Å². The Morgan fingerprint density at radius 3 is 2.48 bits per heavy atom. The van der Waals surface area contributed by atoms with Crippen LogP contribution in [0.2, 0.25) is 0 Å². The van der Waals surface area contributed by atoms with Gasteiger partial charge in [0.05, 0.1) is 10.4 Å². The molecule has 1 saturated carbocycles. The highest BCUT2D eigenvalue weighted by molar-refractivity contribution is 7.89. The van der Waals surface area contributed by atoms with E-state index in [4.69, 9.17) is 5.14 Å². The molecule has 0 bridgehead atoms. The number of para-hydroxylation sites is 1. The number of fused-ring (bicyclic) bond motifs is 1. The number of hydrogen-bond acceptors (Lipinski definition) is 4. The molecule has 0 unspecified atom stereocenters. The van der Waals surface area contributed by atoms with Crippen molar-refractivity contribution in [3.63, 3.8) is 0 Å². The highest BCUT2D eigenvalue weighted by Gasteiger charge is 2.41. The average molecular weight is 325 g/mol. The summed E-state index contributed by atoms with van der Waals surface area (Å²) in [5.41, 5.74) is 2.05. The van der Waals surface area contributed by atoms with Crippen LogP contribution in [0.4, 0.5) is 0 Å². The van der Waals surface area contributed by atoms with E-state index < -0.39 is 10.0 Å². The predicted octanol–water partition coefficient (Wildman–Crippen LogP) is 2.55. The van der Waals surface area contributed by atoms with Crippen LogP contribution >= 0.6 is 0 Å². The van der Waals surface area contributed by atoms with E-state index in [1.165, 1.54) is 0 Å². The minimum absolute atomic E-state index is 0.139. The second-order valence-corrected chi connectivity index (χ2v) is 7.41. The quantitative estimate of drug-likeness (QED) is 0.802. The topological polar surface area (TPSA) is 85.9 Å². The smallest absolute Gasteiger partial charge is 0.238 e. The zero-order valence-corrected chi connectivity index (χ0v) is 13.1. The zero-order valence-electron chi connectivity index (χ0n) is 12.3. The lowest BCUT2D eigenvalue weighted by molar-refractivity contribution is 0.598. The number of nitrogens with zero attached hydrogens (tertiary/aromatic N) is 2. The van der Waals surface area contributed by atoms with Gasteiger partial charge in [0.2, 0.25) is 10.0 Å². The molecule has 4 rings (SSSR count). The monoisotopic (exact) mass is 325 g/mol. The Kier molecular flexibility index (Phi) is 3.18. The van der Waals surface area contributed by atoms with E-state index >= 15 is 0 Å². The fraction of sp³-hybridized carbons (Fsp3) is 0.176. The van der Waals surface area contributed by atoms with Crippen molar-refractivity contribution in [3.8, 4) is 0 Å². The van der Waals surface area contributed by atoms with Crippen molar-refractivity contribution >= 4 is 20.9 Å². The van der Waals surface area contributed by atoms with E-state index in [-0.39, 0.29) is 4.90 Å². The van der Waals surface area contributed by atoms with Gasteiger partial charge in [0, 0.05) is 17.5 Å². The lowest BCUT2D eigenvalue weighted by atomic mass is 10.1. The SMILES string of the molecule is NS(=O)(=O)c1ccc([C@@H]2C[C@H]2c2ncc3ccccc3n2)cc1. The van der Waals surface area contributed by atoms with Crippen molar-refractivity contribution in [2.24, 2.45) is 5.14 Å². The molecule has 2 aromatic carbocycles. The number of hydrogen-bond donors (Lipinski definition) is 1. The third-order valence-corrected chi connectivity index (χ3v) is 5.20. The van der Waals surface area contributed by atoms with Crippen molar-refractivity contribution in [2.75, 3.05) is 0 Å². The summed E-state index contributed by atoms with van der Waals surface area (Å²) in [5.74, 6) is 1.48. The van der Waals surface area contributed by atoms with Crippen LogP contribution in [0.25, 0.3) is 10.9 Å². The second kappa shape index (κ2) is 5.11. The molecule has 0 saturated heterocycles. The van der Waals surface area contributed by atoms with E-state index in [1.807, 2.05) is 42.6 Å². The molecule has 1 aliphatic rings. The Labute approximate surface area is 134 Å². The van der Waals surface area contributed by atoms with Crippen molar-refractivity contribution in [2.45, 2.75) is 23.2 Å². The molecule has 1 heterocycles. The summed E-state index contributed by atoms with van der Waals surface area (Å²) in [5, 5.41) is 6.16. The first kappa shape index (κ1) is 14.3. The number of nitrogens with two attached hydrogens (primary N) is 1. The van der Waals surface area contributed by atoms with Crippen LogP contribution in [-0.4, -0.2) is 18.4 Å². The molecular formula is C17H15N3O2S. The Balaban J connectivity index is 1.59. The maximum atomic E-state index is 11.3. The predicted molar refractivity (Wildman–Crippen MR) is 87.5 cm³/mol. The Morgan fingerprint density at radius 2 is 1.74 bits per heavy atom. The van der Waals surface area contributed by atoms with Crippen LogP contribution in [0.1, 0.15) is 29.6 Å². The van der Waals surface area contributed by atoms with Gasteiger partial charge < -0.3 is 0 Å². The van der Waals surface area contributed by atoms with Gasteiger partial charge in [-0.3, -0.25) is 0 Å². The first-order valence-electron chi connectivity index (χ1n) is 7.37. The average Bonchev–Trinajstić information content (AvgIpc) is 3.34. The molecule has 2 N–H and O–H groups in total. The summed E-state index contributed by atoms with van der Waals surface area (Å²) in [6.07, 6.45) is 2.84. The largest absolute Gasteiger partial charge is 0.240 e. The molecule has 5 nitrogen and oxygen atoms in total. The number of primary sulfonamides is 1. The zero-order chi connectivity index (χ0) is 16.0. The van der Waals surface area contributed by atoms with Gasteiger partial charge in [-0.15, -0.1) is 0 Å². The fourth-order valence-electron chi connectivity index (χ4n) is 2.92. The van der Waals surface area contributed by atoms with Crippen molar-refractivity contribution in [1.82, 2.24) is 9.97 Å². The summed E-state index contributed by atoms with van der Waals surface area (Å²) in [6.45, 7) is 0. The molecule has 0 amide bonds. The van der Waals surface area contributed by atoms with E-state index in [1.54, 1.807) is 12.1 Å².